The van der Waals surface area contributed by atoms with Crippen LogP contribution in [-0.4, -0.2) is 33.7 Å². The number of aryl methyl sites for hydroxylation is 1. The van der Waals surface area contributed by atoms with Crippen LogP contribution < -0.4 is 9.47 Å². The van der Waals surface area contributed by atoms with Crippen molar-refractivity contribution < 1.29 is 9.47 Å². The van der Waals surface area contributed by atoms with Gasteiger partial charge in [0.05, 0.1) is 25.6 Å². The van der Waals surface area contributed by atoms with Gasteiger partial charge >= 0.3 is 0 Å². The monoisotopic (exact) mass is 360 g/mol. The first-order valence-corrected chi connectivity index (χ1v) is 8.56. The second kappa shape index (κ2) is 6.99. The van der Waals surface area contributed by atoms with Crippen LogP contribution >= 0.6 is 0 Å². The molecule has 2 aromatic heterocycles. The molecule has 4 rings (SSSR count). The Morgan fingerprint density at radius 2 is 1.44 bits per heavy atom. The van der Waals surface area contributed by atoms with Gasteiger partial charge in [-0.15, -0.1) is 0 Å². The first-order valence-electron chi connectivity index (χ1n) is 8.56. The number of H-pyrrole nitrogens is 1. The lowest BCUT2D eigenvalue weighted by Gasteiger charge is -2.06. The quantitative estimate of drug-likeness (QED) is 0.580. The molecule has 0 atom stereocenters. The standard InChI is InChI=1S/C21H20N4O2/c1-25-13-12-22-21(25)20-23-18(14-4-8-16(26-2)9-5-14)19(24-20)15-6-10-17(27-3)11-7-15/h4-13H,1-3H3,(H,23,24). The van der Waals surface area contributed by atoms with Gasteiger partial charge in [-0.25, -0.2) is 9.97 Å². The molecule has 0 saturated carbocycles. The maximum absolute atomic E-state index is 5.27. The zero-order chi connectivity index (χ0) is 18.8. The molecule has 2 heterocycles. The van der Waals surface area contributed by atoms with Crippen molar-refractivity contribution >= 4 is 0 Å². The molecule has 6 nitrogen and oxygen atoms in total. The summed E-state index contributed by atoms with van der Waals surface area (Å²) in [6, 6.07) is 15.8. The summed E-state index contributed by atoms with van der Waals surface area (Å²) in [5, 5.41) is 0. The highest BCUT2D eigenvalue weighted by atomic mass is 16.5. The average Bonchev–Trinajstić information content (AvgIpc) is 3.34. The number of nitrogens with one attached hydrogen (secondary N) is 1. The largest absolute Gasteiger partial charge is 0.497 e. The Hall–Kier alpha value is -3.54. The van der Waals surface area contributed by atoms with Gasteiger partial charge in [-0.1, -0.05) is 0 Å². The van der Waals surface area contributed by atoms with Gasteiger partial charge in [-0.2, -0.15) is 0 Å². The maximum atomic E-state index is 5.27. The smallest absolute Gasteiger partial charge is 0.175 e. The van der Waals surface area contributed by atoms with E-state index in [1.54, 1.807) is 20.4 Å². The van der Waals surface area contributed by atoms with Gasteiger partial charge in [-0.05, 0) is 48.5 Å². The minimum absolute atomic E-state index is 0.721. The summed E-state index contributed by atoms with van der Waals surface area (Å²) in [5.74, 6) is 3.13. The first-order chi connectivity index (χ1) is 13.2. The van der Waals surface area contributed by atoms with E-state index in [0.717, 1.165) is 45.7 Å². The van der Waals surface area contributed by atoms with Crippen molar-refractivity contribution in [3.63, 3.8) is 0 Å². The molecule has 0 aliphatic carbocycles. The van der Waals surface area contributed by atoms with E-state index in [-0.39, 0.29) is 0 Å². The van der Waals surface area contributed by atoms with Crippen molar-refractivity contribution in [3.8, 4) is 45.7 Å². The van der Waals surface area contributed by atoms with Crippen molar-refractivity contribution in [2.24, 2.45) is 7.05 Å². The fourth-order valence-corrected chi connectivity index (χ4v) is 3.00. The minimum Gasteiger partial charge on any atom is -0.497 e. The van der Waals surface area contributed by atoms with E-state index in [9.17, 15) is 0 Å². The van der Waals surface area contributed by atoms with Crippen LogP contribution in [0.15, 0.2) is 60.9 Å². The molecule has 0 unspecified atom stereocenters. The first kappa shape index (κ1) is 16.9. The maximum Gasteiger partial charge on any atom is 0.175 e. The van der Waals surface area contributed by atoms with Crippen LogP contribution in [-0.2, 0) is 7.05 Å². The summed E-state index contributed by atoms with van der Waals surface area (Å²) in [4.78, 5) is 12.7. The number of ether oxygens (including phenoxy) is 2. The van der Waals surface area contributed by atoms with Gasteiger partial charge in [0.2, 0.25) is 0 Å². The molecular formula is C21H20N4O2. The molecule has 0 radical (unpaired) electrons. The molecule has 1 N–H and O–H groups in total. The summed E-state index contributed by atoms with van der Waals surface area (Å²) in [7, 11) is 5.27. The third-order valence-corrected chi connectivity index (χ3v) is 4.48. The lowest BCUT2D eigenvalue weighted by atomic mass is 10.0. The number of aromatic nitrogens is 4. The van der Waals surface area contributed by atoms with Crippen molar-refractivity contribution in [3.05, 3.63) is 60.9 Å². The van der Waals surface area contributed by atoms with E-state index >= 15 is 0 Å². The fraction of sp³-hybridized carbons (Fsp3) is 0.143. The molecule has 2 aromatic carbocycles. The number of methoxy groups -OCH3 is 2. The van der Waals surface area contributed by atoms with E-state index < -0.39 is 0 Å². The Bertz CT molecular complexity index is 982. The van der Waals surface area contributed by atoms with Crippen LogP contribution in [0.25, 0.3) is 34.2 Å². The number of hydrogen-bond acceptors (Lipinski definition) is 4. The van der Waals surface area contributed by atoms with Gasteiger partial charge in [0, 0.05) is 30.6 Å². The lowest BCUT2D eigenvalue weighted by Crippen LogP contribution is -1.92. The van der Waals surface area contributed by atoms with Crippen LogP contribution in [0.2, 0.25) is 0 Å². The fourth-order valence-electron chi connectivity index (χ4n) is 3.00. The highest BCUT2D eigenvalue weighted by molar-refractivity contribution is 5.81. The summed E-state index contributed by atoms with van der Waals surface area (Å²) in [5.41, 5.74) is 3.81. The second-order valence-electron chi connectivity index (χ2n) is 6.13. The molecule has 0 aliphatic heterocycles. The predicted molar refractivity (Wildman–Crippen MR) is 105 cm³/mol. The van der Waals surface area contributed by atoms with E-state index in [1.807, 2.05) is 66.3 Å². The Kier molecular flexibility index (Phi) is 4.38. The third kappa shape index (κ3) is 3.17. The lowest BCUT2D eigenvalue weighted by molar-refractivity contribution is 0.414. The number of hydrogen-bond donors (Lipinski definition) is 1. The summed E-state index contributed by atoms with van der Waals surface area (Å²) >= 11 is 0. The van der Waals surface area contributed by atoms with Gasteiger partial charge in [0.25, 0.3) is 0 Å². The van der Waals surface area contributed by atoms with Crippen LogP contribution in [0.1, 0.15) is 0 Å². The highest BCUT2D eigenvalue weighted by Crippen LogP contribution is 2.34. The average molecular weight is 360 g/mol. The Balaban J connectivity index is 1.86. The number of rotatable bonds is 5. The molecular weight excluding hydrogens is 340 g/mol. The molecule has 0 saturated heterocycles. The van der Waals surface area contributed by atoms with Crippen molar-refractivity contribution in [1.29, 1.82) is 0 Å². The Morgan fingerprint density at radius 1 is 0.852 bits per heavy atom. The van der Waals surface area contributed by atoms with Crippen LogP contribution in [0.4, 0.5) is 0 Å². The zero-order valence-corrected chi connectivity index (χ0v) is 15.4. The molecule has 0 spiro atoms. The SMILES string of the molecule is COc1ccc(-c2nc(-c3nccn3C)[nH]c2-c2ccc(OC)cc2)cc1. The summed E-state index contributed by atoms with van der Waals surface area (Å²) in [6.45, 7) is 0. The zero-order valence-electron chi connectivity index (χ0n) is 15.4. The van der Waals surface area contributed by atoms with E-state index in [4.69, 9.17) is 14.5 Å². The molecule has 0 fully saturated rings. The predicted octanol–water partition coefficient (Wildman–Crippen LogP) is 4.16. The van der Waals surface area contributed by atoms with Gasteiger partial charge < -0.3 is 19.0 Å². The van der Waals surface area contributed by atoms with Crippen LogP contribution in [0.3, 0.4) is 0 Å². The van der Waals surface area contributed by atoms with Crippen LogP contribution in [0, 0.1) is 0 Å². The molecule has 4 aromatic rings. The molecule has 6 heteroatoms. The molecule has 0 amide bonds. The molecule has 136 valence electrons. The molecule has 0 bridgehead atoms. The molecule has 27 heavy (non-hydrogen) atoms. The molecule has 0 aliphatic rings. The number of aromatic amines is 1. The van der Waals surface area contributed by atoms with Gasteiger partial charge in [-0.3, -0.25) is 0 Å². The number of imidazole rings is 2. The van der Waals surface area contributed by atoms with Gasteiger partial charge in [0.1, 0.15) is 11.5 Å². The number of nitrogens with zero attached hydrogens (tertiary/aromatic N) is 3. The van der Waals surface area contributed by atoms with Gasteiger partial charge in [0.15, 0.2) is 11.6 Å². The number of benzene rings is 2. The highest BCUT2D eigenvalue weighted by Gasteiger charge is 2.17. The third-order valence-electron chi connectivity index (χ3n) is 4.48. The van der Waals surface area contributed by atoms with E-state index in [0.29, 0.717) is 0 Å². The second-order valence-corrected chi connectivity index (χ2v) is 6.13. The Morgan fingerprint density at radius 3 is 1.96 bits per heavy atom. The van der Waals surface area contributed by atoms with Crippen molar-refractivity contribution in [2.75, 3.05) is 14.2 Å². The van der Waals surface area contributed by atoms with Crippen LogP contribution in [0.5, 0.6) is 11.5 Å². The minimum atomic E-state index is 0.721. The Labute approximate surface area is 157 Å². The van der Waals surface area contributed by atoms with Crippen molar-refractivity contribution in [2.45, 2.75) is 0 Å². The van der Waals surface area contributed by atoms with E-state index in [1.165, 1.54) is 0 Å². The van der Waals surface area contributed by atoms with E-state index in [2.05, 4.69) is 9.97 Å². The normalized spacial score (nSPS) is 10.8. The topological polar surface area (TPSA) is 65.0 Å². The summed E-state index contributed by atoms with van der Waals surface area (Å²) < 4.78 is 12.5. The summed E-state index contributed by atoms with van der Waals surface area (Å²) in [6.07, 6.45) is 3.66. The van der Waals surface area contributed by atoms with Crippen molar-refractivity contribution in [1.82, 2.24) is 19.5 Å².